The van der Waals surface area contributed by atoms with Gasteiger partial charge in [-0.2, -0.15) is 9.57 Å². The summed E-state index contributed by atoms with van der Waals surface area (Å²) >= 11 is 6.26. The smallest absolute Gasteiger partial charge is 0.233 e. The van der Waals surface area contributed by atoms with Crippen LogP contribution in [0, 0.1) is 16.7 Å². The van der Waals surface area contributed by atoms with Gasteiger partial charge < -0.3 is 10.1 Å². The maximum absolute atomic E-state index is 13.6. The lowest BCUT2D eigenvalue weighted by molar-refractivity contribution is -0.118. The van der Waals surface area contributed by atoms with E-state index >= 15 is 0 Å². The normalized spacial score (nSPS) is 19.8. The molecule has 3 aromatic rings. The van der Waals surface area contributed by atoms with Gasteiger partial charge in [-0.15, -0.1) is 0 Å². The number of nitrogens with one attached hydrogen (secondary N) is 1. The van der Waals surface area contributed by atoms with Crippen LogP contribution in [0.1, 0.15) is 29.9 Å². The minimum absolute atomic E-state index is 0.0439. The first-order chi connectivity index (χ1) is 17.3. The van der Waals surface area contributed by atoms with Gasteiger partial charge in [-0.25, -0.2) is 8.42 Å². The van der Waals surface area contributed by atoms with Crippen LogP contribution in [-0.2, 0) is 26.1 Å². The van der Waals surface area contributed by atoms with E-state index in [4.69, 9.17) is 16.3 Å². The summed E-state index contributed by atoms with van der Waals surface area (Å²) in [6, 6.07) is 15.0. The summed E-state index contributed by atoms with van der Waals surface area (Å²) in [4.78, 5) is 17.8. The summed E-state index contributed by atoms with van der Waals surface area (Å²) in [5.41, 5.74) is 0.959. The van der Waals surface area contributed by atoms with Crippen molar-refractivity contribution in [2.45, 2.75) is 25.3 Å². The summed E-state index contributed by atoms with van der Waals surface area (Å²) < 4.78 is 33.8. The third-order valence-electron chi connectivity index (χ3n) is 7.00. The molecule has 5 rings (SSSR count). The number of nitriles is 1. The Bertz CT molecular complexity index is 1460. The second-order valence-electron chi connectivity index (χ2n) is 9.35. The fourth-order valence-electron chi connectivity index (χ4n) is 4.95. The van der Waals surface area contributed by atoms with Gasteiger partial charge in [-0.05, 0) is 36.1 Å². The maximum atomic E-state index is 13.6. The highest BCUT2D eigenvalue weighted by Gasteiger charge is 2.42. The van der Waals surface area contributed by atoms with Crippen LogP contribution in [0.3, 0.4) is 0 Å². The van der Waals surface area contributed by atoms with Crippen molar-refractivity contribution in [3.63, 3.8) is 0 Å². The van der Waals surface area contributed by atoms with E-state index in [9.17, 15) is 18.5 Å². The SMILES string of the molecule is N#CC1(CS(=O)(=O)N2Cc3ccc(Cl)cc3[C@H](C(=O)Nc3cncc4ccccc34)C2)CCOCC1. The molecule has 2 aromatic carbocycles. The number of fused-ring (bicyclic) bond motifs is 2. The lowest BCUT2D eigenvalue weighted by atomic mass is 9.84. The van der Waals surface area contributed by atoms with Crippen molar-refractivity contribution in [2.24, 2.45) is 5.41 Å². The van der Waals surface area contributed by atoms with Crippen LogP contribution in [-0.4, -0.2) is 49.1 Å². The number of sulfonamides is 1. The summed E-state index contributed by atoms with van der Waals surface area (Å²) in [5, 5.41) is 14.9. The number of hydrogen-bond acceptors (Lipinski definition) is 6. The average Bonchev–Trinajstić information content (AvgIpc) is 2.88. The number of halogens is 1. The Morgan fingerprint density at radius 1 is 1.22 bits per heavy atom. The molecule has 0 aliphatic carbocycles. The number of pyridine rings is 1. The topological polar surface area (TPSA) is 112 Å². The Morgan fingerprint density at radius 3 is 2.78 bits per heavy atom. The van der Waals surface area contributed by atoms with E-state index in [-0.39, 0.29) is 24.7 Å². The molecule has 0 radical (unpaired) electrons. The number of nitrogens with zero attached hydrogens (tertiary/aromatic N) is 3. The molecule has 1 saturated heterocycles. The number of ether oxygens (including phenoxy) is 1. The number of benzene rings is 2. The van der Waals surface area contributed by atoms with Crippen molar-refractivity contribution >= 4 is 44.0 Å². The van der Waals surface area contributed by atoms with Crippen LogP contribution >= 0.6 is 11.6 Å². The molecule has 1 aromatic heterocycles. The minimum atomic E-state index is -3.85. The van der Waals surface area contributed by atoms with E-state index in [0.717, 1.165) is 10.8 Å². The van der Waals surface area contributed by atoms with Crippen LogP contribution in [0.5, 0.6) is 0 Å². The monoisotopic (exact) mass is 524 g/mol. The van der Waals surface area contributed by atoms with E-state index in [1.807, 2.05) is 24.3 Å². The Labute approximate surface area is 214 Å². The number of carbonyl (C=O) groups is 1. The Kier molecular flexibility index (Phi) is 6.70. The lowest BCUT2D eigenvalue weighted by Crippen LogP contribution is -2.46. The lowest BCUT2D eigenvalue weighted by Gasteiger charge is -2.36. The quantitative estimate of drug-likeness (QED) is 0.538. The summed E-state index contributed by atoms with van der Waals surface area (Å²) in [6.45, 7) is 0.785. The Balaban J connectivity index is 1.46. The molecule has 186 valence electrons. The third-order valence-corrected chi connectivity index (χ3v) is 9.22. The number of rotatable bonds is 5. The first-order valence-electron chi connectivity index (χ1n) is 11.7. The van der Waals surface area contributed by atoms with Crippen molar-refractivity contribution < 1.29 is 17.9 Å². The molecule has 1 fully saturated rings. The molecule has 2 aliphatic heterocycles. The number of carbonyl (C=O) groups excluding carboxylic acids is 1. The van der Waals surface area contributed by atoms with E-state index in [1.165, 1.54) is 4.31 Å². The standard InChI is InChI=1S/C26H25ClN4O4S/c27-20-6-5-19-14-31(36(33,34)17-26(16-28)7-9-35-10-8-26)15-23(22(19)11-20)25(32)30-24-13-29-12-18-3-1-2-4-21(18)24/h1-6,11-13,23H,7-10,14-15,17H2,(H,30,32)/t23-/m1/s1. The highest BCUT2D eigenvalue weighted by molar-refractivity contribution is 7.89. The van der Waals surface area contributed by atoms with Crippen molar-refractivity contribution in [2.75, 3.05) is 30.8 Å². The summed E-state index contributed by atoms with van der Waals surface area (Å²) in [7, 11) is -3.85. The van der Waals surface area contributed by atoms with Crippen LogP contribution in [0.4, 0.5) is 5.69 Å². The van der Waals surface area contributed by atoms with Crippen molar-refractivity contribution in [3.05, 3.63) is 71.0 Å². The molecule has 8 nitrogen and oxygen atoms in total. The fourth-order valence-corrected chi connectivity index (χ4v) is 7.08. The van der Waals surface area contributed by atoms with Crippen molar-refractivity contribution in [1.82, 2.24) is 9.29 Å². The molecule has 0 bridgehead atoms. The largest absolute Gasteiger partial charge is 0.381 e. The molecule has 36 heavy (non-hydrogen) atoms. The highest BCUT2D eigenvalue weighted by atomic mass is 35.5. The maximum Gasteiger partial charge on any atom is 0.233 e. The van der Waals surface area contributed by atoms with Gasteiger partial charge in [0.05, 0.1) is 35.0 Å². The second kappa shape index (κ2) is 9.79. The number of aromatic nitrogens is 1. The van der Waals surface area contributed by atoms with Gasteiger partial charge in [-0.3, -0.25) is 9.78 Å². The van der Waals surface area contributed by atoms with Gasteiger partial charge in [0.1, 0.15) is 0 Å². The predicted octanol–water partition coefficient (Wildman–Crippen LogP) is 4.08. The number of anilines is 1. The van der Waals surface area contributed by atoms with Gasteiger partial charge in [0.2, 0.25) is 15.9 Å². The van der Waals surface area contributed by atoms with Crippen molar-refractivity contribution in [3.8, 4) is 6.07 Å². The summed E-state index contributed by atoms with van der Waals surface area (Å²) in [5.74, 6) is -1.43. The van der Waals surface area contributed by atoms with Gasteiger partial charge in [0.15, 0.2) is 0 Å². The fraction of sp³-hybridized carbons (Fsp3) is 0.346. The number of amides is 1. The zero-order chi connectivity index (χ0) is 25.3. The average molecular weight is 525 g/mol. The molecule has 0 unspecified atom stereocenters. The van der Waals surface area contributed by atoms with E-state index in [1.54, 1.807) is 30.6 Å². The van der Waals surface area contributed by atoms with E-state index in [2.05, 4.69) is 16.4 Å². The summed E-state index contributed by atoms with van der Waals surface area (Å²) in [6.07, 6.45) is 4.02. The zero-order valence-electron chi connectivity index (χ0n) is 19.5. The van der Waals surface area contributed by atoms with E-state index in [0.29, 0.717) is 47.9 Å². The number of hydrogen-bond donors (Lipinski definition) is 1. The zero-order valence-corrected chi connectivity index (χ0v) is 21.1. The molecular formula is C26H25ClN4O4S. The molecule has 1 N–H and O–H groups in total. The molecule has 0 saturated carbocycles. The second-order valence-corrected chi connectivity index (χ2v) is 11.8. The van der Waals surface area contributed by atoms with Gasteiger partial charge in [0.25, 0.3) is 0 Å². The van der Waals surface area contributed by atoms with Gasteiger partial charge in [-0.1, -0.05) is 41.9 Å². The predicted molar refractivity (Wildman–Crippen MR) is 137 cm³/mol. The minimum Gasteiger partial charge on any atom is -0.381 e. The molecule has 1 atom stereocenters. The van der Waals surface area contributed by atoms with Crippen molar-refractivity contribution in [1.29, 1.82) is 5.26 Å². The first-order valence-corrected chi connectivity index (χ1v) is 13.7. The molecule has 3 heterocycles. The van der Waals surface area contributed by atoms with Crippen LogP contribution < -0.4 is 5.32 Å². The van der Waals surface area contributed by atoms with Gasteiger partial charge >= 0.3 is 0 Å². The van der Waals surface area contributed by atoms with E-state index < -0.39 is 21.4 Å². The van der Waals surface area contributed by atoms with Gasteiger partial charge in [0, 0.05) is 48.3 Å². The van der Waals surface area contributed by atoms with Crippen LogP contribution in [0.2, 0.25) is 5.02 Å². The molecule has 1 amide bonds. The Hall–Kier alpha value is -3.03. The molecule has 2 aliphatic rings. The molecule has 0 spiro atoms. The Morgan fingerprint density at radius 2 is 2.00 bits per heavy atom. The molecular weight excluding hydrogens is 500 g/mol. The van der Waals surface area contributed by atoms with Crippen LogP contribution in [0.25, 0.3) is 10.8 Å². The van der Waals surface area contributed by atoms with Crippen LogP contribution in [0.15, 0.2) is 54.9 Å². The molecule has 10 heteroatoms. The highest BCUT2D eigenvalue weighted by Crippen LogP contribution is 2.37. The third kappa shape index (κ3) is 4.82. The first kappa shape index (κ1) is 24.7.